The van der Waals surface area contributed by atoms with Crippen molar-refractivity contribution in [3.05, 3.63) is 0 Å². The van der Waals surface area contributed by atoms with Gasteiger partial charge < -0.3 is 15.0 Å². The molecule has 0 radical (unpaired) electrons. The Kier molecular flexibility index (Phi) is 5.19. The number of hydrogen-bond acceptors (Lipinski definition) is 3. The number of likely N-dealkylation sites (tertiary alicyclic amines) is 1. The Morgan fingerprint density at radius 3 is 2.79 bits per heavy atom. The fraction of sp³-hybridized carbons (Fsp3) is 0.857. The molecule has 108 valence electrons. The number of amides is 2. The smallest absolute Gasteiger partial charge is 0.225 e. The molecule has 0 bridgehead atoms. The molecule has 1 aliphatic heterocycles. The summed E-state index contributed by atoms with van der Waals surface area (Å²) >= 11 is 0. The van der Waals surface area contributed by atoms with Crippen LogP contribution in [0.25, 0.3) is 0 Å². The van der Waals surface area contributed by atoms with E-state index in [1.807, 2.05) is 4.90 Å². The molecule has 19 heavy (non-hydrogen) atoms. The van der Waals surface area contributed by atoms with E-state index in [1.54, 1.807) is 7.11 Å². The van der Waals surface area contributed by atoms with E-state index >= 15 is 0 Å². The Hall–Kier alpha value is -1.10. The fourth-order valence-corrected chi connectivity index (χ4v) is 3.07. The molecule has 0 aromatic heterocycles. The van der Waals surface area contributed by atoms with Gasteiger partial charge in [-0.15, -0.1) is 0 Å². The second-order valence-electron chi connectivity index (χ2n) is 5.52. The van der Waals surface area contributed by atoms with Gasteiger partial charge in [0.15, 0.2) is 0 Å². The predicted molar refractivity (Wildman–Crippen MR) is 71.6 cm³/mol. The van der Waals surface area contributed by atoms with Crippen LogP contribution in [-0.4, -0.2) is 49.6 Å². The standard InChI is InChI=1S/C14H24N2O3/c1-19-8-7-15-14(18)11-9-13(17)16(10-11)12-5-3-2-4-6-12/h11-12H,2-10H2,1H3,(H,15,18)/t11-/m1/s1. The quantitative estimate of drug-likeness (QED) is 0.755. The lowest BCUT2D eigenvalue weighted by atomic mass is 9.94. The Morgan fingerprint density at radius 2 is 2.11 bits per heavy atom. The summed E-state index contributed by atoms with van der Waals surface area (Å²) in [4.78, 5) is 25.9. The van der Waals surface area contributed by atoms with E-state index in [-0.39, 0.29) is 17.7 Å². The number of nitrogens with one attached hydrogen (secondary N) is 1. The molecule has 2 aliphatic rings. The average molecular weight is 268 g/mol. The first-order valence-corrected chi connectivity index (χ1v) is 7.28. The van der Waals surface area contributed by atoms with Crippen molar-refractivity contribution < 1.29 is 14.3 Å². The van der Waals surface area contributed by atoms with E-state index in [2.05, 4.69) is 5.32 Å². The van der Waals surface area contributed by atoms with Gasteiger partial charge in [0.2, 0.25) is 11.8 Å². The summed E-state index contributed by atoms with van der Waals surface area (Å²) in [5.41, 5.74) is 0. The second-order valence-corrected chi connectivity index (χ2v) is 5.52. The van der Waals surface area contributed by atoms with Crippen molar-refractivity contribution in [1.29, 1.82) is 0 Å². The van der Waals surface area contributed by atoms with E-state index in [0.717, 1.165) is 12.8 Å². The molecule has 2 fully saturated rings. The molecule has 1 N–H and O–H groups in total. The third-order valence-electron chi connectivity index (χ3n) is 4.15. The van der Waals surface area contributed by atoms with Crippen LogP contribution in [0.15, 0.2) is 0 Å². The lowest BCUT2D eigenvalue weighted by Crippen LogP contribution is -2.39. The fourth-order valence-electron chi connectivity index (χ4n) is 3.07. The van der Waals surface area contributed by atoms with Crippen LogP contribution in [0.2, 0.25) is 0 Å². The van der Waals surface area contributed by atoms with Gasteiger partial charge in [-0.25, -0.2) is 0 Å². The predicted octanol–water partition coefficient (Wildman–Crippen LogP) is 0.930. The van der Waals surface area contributed by atoms with Gasteiger partial charge in [-0.3, -0.25) is 9.59 Å². The van der Waals surface area contributed by atoms with E-state index in [1.165, 1.54) is 19.3 Å². The van der Waals surface area contributed by atoms with E-state index in [9.17, 15) is 9.59 Å². The minimum atomic E-state index is -0.175. The van der Waals surface area contributed by atoms with Crippen LogP contribution in [0, 0.1) is 5.92 Å². The lowest BCUT2D eigenvalue weighted by molar-refractivity contribution is -0.130. The average Bonchev–Trinajstić information content (AvgIpc) is 2.82. The highest BCUT2D eigenvalue weighted by Gasteiger charge is 2.37. The highest BCUT2D eigenvalue weighted by Crippen LogP contribution is 2.28. The molecule has 1 atom stereocenters. The minimum absolute atomic E-state index is 0.0105. The molecular weight excluding hydrogens is 244 g/mol. The van der Waals surface area contributed by atoms with Gasteiger partial charge in [0, 0.05) is 32.7 Å². The summed E-state index contributed by atoms with van der Waals surface area (Å²) < 4.78 is 4.90. The number of nitrogens with zero attached hydrogens (tertiary/aromatic N) is 1. The largest absolute Gasteiger partial charge is 0.383 e. The second kappa shape index (κ2) is 6.89. The SMILES string of the molecule is COCCNC(=O)[C@@H]1CC(=O)N(C2CCCCC2)C1. The maximum absolute atomic E-state index is 12.0. The molecule has 1 aliphatic carbocycles. The van der Waals surface area contributed by atoms with Gasteiger partial charge in [0.05, 0.1) is 12.5 Å². The van der Waals surface area contributed by atoms with Crippen molar-refractivity contribution in [2.24, 2.45) is 5.92 Å². The number of hydrogen-bond donors (Lipinski definition) is 1. The molecule has 0 aromatic carbocycles. The Bertz CT molecular complexity index is 327. The first-order chi connectivity index (χ1) is 9.22. The highest BCUT2D eigenvalue weighted by molar-refractivity contribution is 5.89. The van der Waals surface area contributed by atoms with E-state index in [4.69, 9.17) is 4.74 Å². The van der Waals surface area contributed by atoms with E-state index < -0.39 is 0 Å². The van der Waals surface area contributed by atoms with Crippen LogP contribution in [0.5, 0.6) is 0 Å². The minimum Gasteiger partial charge on any atom is -0.383 e. The van der Waals surface area contributed by atoms with Crippen molar-refractivity contribution in [3.8, 4) is 0 Å². The summed E-state index contributed by atoms with van der Waals surface area (Å²) in [6.07, 6.45) is 6.26. The Morgan fingerprint density at radius 1 is 1.37 bits per heavy atom. The van der Waals surface area contributed by atoms with Gasteiger partial charge in [-0.1, -0.05) is 19.3 Å². The number of methoxy groups -OCH3 is 1. The van der Waals surface area contributed by atoms with Crippen LogP contribution in [0.4, 0.5) is 0 Å². The van der Waals surface area contributed by atoms with Crippen LogP contribution >= 0.6 is 0 Å². The third kappa shape index (κ3) is 3.69. The van der Waals surface area contributed by atoms with Crippen LogP contribution in [0.3, 0.4) is 0 Å². The van der Waals surface area contributed by atoms with Crippen LogP contribution in [-0.2, 0) is 14.3 Å². The Labute approximate surface area is 114 Å². The summed E-state index contributed by atoms with van der Waals surface area (Å²) in [7, 11) is 1.61. The maximum atomic E-state index is 12.0. The van der Waals surface area contributed by atoms with Gasteiger partial charge in [0.25, 0.3) is 0 Å². The molecule has 5 heteroatoms. The summed E-state index contributed by atoms with van der Waals surface area (Å²) in [5, 5.41) is 2.83. The monoisotopic (exact) mass is 268 g/mol. The summed E-state index contributed by atoms with van der Waals surface area (Å²) in [6.45, 7) is 1.63. The number of rotatable bonds is 5. The van der Waals surface area contributed by atoms with Crippen molar-refractivity contribution in [1.82, 2.24) is 10.2 Å². The molecule has 2 amide bonds. The highest BCUT2D eigenvalue weighted by atomic mass is 16.5. The zero-order chi connectivity index (χ0) is 13.7. The molecular formula is C14H24N2O3. The van der Waals surface area contributed by atoms with Crippen molar-refractivity contribution in [2.75, 3.05) is 26.8 Å². The first kappa shape index (κ1) is 14.3. The van der Waals surface area contributed by atoms with Gasteiger partial charge in [-0.2, -0.15) is 0 Å². The van der Waals surface area contributed by atoms with Gasteiger partial charge >= 0.3 is 0 Å². The van der Waals surface area contributed by atoms with Crippen molar-refractivity contribution in [2.45, 2.75) is 44.6 Å². The first-order valence-electron chi connectivity index (χ1n) is 7.28. The molecule has 1 heterocycles. The van der Waals surface area contributed by atoms with Crippen molar-refractivity contribution >= 4 is 11.8 Å². The lowest BCUT2D eigenvalue weighted by Gasteiger charge is -2.31. The number of carbonyl (C=O) groups is 2. The maximum Gasteiger partial charge on any atom is 0.225 e. The molecule has 2 rings (SSSR count). The summed E-state index contributed by atoms with van der Waals surface area (Å²) in [5.74, 6) is -0.0335. The molecule has 1 saturated heterocycles. The third-order valence-corrected chi connectivity index (χ3v) is 4.15. The van der Waals surface area contributed by atoms with Gasteiger partial charge in [-0.05, 0) is 12.8 Å². The number of ether oxygens (including phenoxy) is 1. The molecule has 1 saturated carbocycles. The summed E-state index contributed by atoms with van der Waals surface area (Å²) in [6, 6.07) is 0.373. The molecule has 5 nitrogen and oxygen atoms in total. The normalized spacial score (nSPS) is 24.8. The molecule has 0 aromatic rings. The molecule has 0 spiro atoms. The topological polar surface area (TPSA) is 58.6 Å². The number of carbonyl (C=O) groups excluding carboxylic acids is 2. The van der Waals surface area contributed by atoms with Crippen LogP contribution < -0.4 is 5.32 Å². The zero-order valence-corrected chi connectivity index (χ0v) is 11.7. The van der Waals surface area contributed by atoms with E-state index in [0.29, 0.717) is 32.2 Å². The van der Waals surface area contributed by atoms with Gasteiger partial charge in [0.1, 0.15) is 0 Å². The van der Waals surface area contributed by atoms with Crippen LogP contribution in [0.1, 0.15) is 38.5 Å². The van der Waals surface area contributed by atoms with Crippen molar-refractivity contribution in [3.63, 3.8) is 0 Å². The molecule has 0 unspecified atom stereocenters. The zero-order valence-electron chi connectivity index (χ0n) is 11.7. The Balaban J connectivity index is 1.82.